The van der Waals surface area contributed by atoms with Crippen LogP contribution in [0.15, 0.2) is 36.7 Å². The molecular formula is C17H23N3. The molecule has 3 heteroatoms. The van der Waals surface area contributed by atoms with Gasteiger partial charge in [-0.1, -0.05) is 44.5 Å². The van der Waals surface area contributed by atoms with Gasteiger partial charge in [-0.05, 0) is 36.6 Å². The van der Waals surface area contributed by atoms with Crippen LogP contribution in [0, 0.1) is 6.92 Å². The second-order valence-corrected chi connectivity index (χ2v) is 5.10. The molecule has 0 radical (unpaired) electrons. The Labute approximate surface area is 121 Å². The number of hydrogen-bond acceptors (Lipinski definition) is 3. The highest BCUT2D eigenvalue weighted by Gasteiger charge is 2.15. The fraction of sp³-hybridized carbons (Fsp3) is 0.412. The maximum absolute atomic E-state index is 4.46. The van der Waals surface area contributed by atoms with Crippen LogP contribution in [0.4, 0.5) is 0 Å². The Bertz CT molecular complexity index is 517. The molecule has 106 valence electrons. The number of aryl methyl sites for hydroxylation is 2. The molecule has 2 rings (SSSR count). The van der Waals surface area contributed by atoms with E-state index in [0.29, 0.717) is 0 Å². The summed E-state index contributed by atoms with van der Waals surface area (Å²) in [5.41, 5.74) is 3.69. The summed E-state index contributed by atoms with van der Waals surface area (Å²) in [6.45, 7) is 7.20. The predicted molar refractivity (Wildman–Crippen MR) is 82.7 cm³/mol. The highest BCUT2D eigenvalue weighted by atomic mass is 15.0. The Kier molecular flexibility index (Phi) is 5.24. The molecule has 0 spiro atoms. The van der Waals surface area contributed by atoms with Crippen LogP contribution in [-0.2, 0) is 6.42 Å². The monoisotopic (exact) mass is 269 g/mol. The van der Waals surface area contributed by atoms with Gasteiger partial charge in [0.1, 0.15) is 5.82 Å². The highest BCUT2D eigenvalue weighted by molar-refractivity contribution is 5.29. The van der Waals surface area contributed by atoms with Crippen molar-refractivity contribution in [2.75, 3.05) is 6.54 Å². The van der Waals surface area contributed by atoms with E-state index in [1.165, 1.54) is 17.5 Å². The maximum Gasteiger partial charge on any atom is 0.149 e. The first kappa shape index (κ1) is 14.7. The molecule has 0 fully saturated rings. The lowest BCUT2D eigenvalue weighted by Crippen LogP contribution is -2.24. The Hall–Kier alpha value is -1.74. The van der Waals surface area contributed by atoms with Crippen LogP contribution >= 0.6 is 0 Å². The van der Waals surface area contributed by atoms with Gasteiger partial charge in [-0.25, -0.2) is 9.97 Å². The summed E-state index contributed by atoms with van der Waals surface area (Å²) in [4.78, 5) is 8.92. The van der Waals surface area contributed by atoms with Gasteiger partial charge in [0, 0.05) is 12.4 Å². The van der Waals surface area contributed by atoms with E-state index in [1.807, 2.05) is 19.3 Å². The summed E-state index contributed by atoms with van der Waals surface area (Å²) < 4.78 is 0. The summed E-state index contributed by atoms with van der Waals surface area (Å²) in [5.74, 6) is 0.834. The minimum absolute atomic E-state index is 0.0660. The smallest absolute Gasteiger partial charge is 0.149 e. The molecule has 0 bridgehead atoms. The molecule has 0 saturated carbocycles. The molecule has 1 heterocycles. The van der Waals surface area contributed by atoms with Gasteiger partial charge in [0.25, 0.3) is 0 Å². The van der Waals surface area contributed by atoms with Crippen LogP contribution in [0.25, 0.3) is 0 Å². The van der Waals surface area contributed by atoms with Crippen molar-refractivity contribution in [1.82, 2.24) is 15.3 Å². The number of rotatable bonds is 6. The zero-order chi connectivity index (χ0) is 14.4. The molecule has 3 nitrogen and oxygen atoms in total. The van der Waals surface area contributed by atoms with E-state index in [-0.39, 0.29) is 6.04 Å². The van der Waals surface area contributed by atoms with Gasteiger partial charge in [0.05, 0.1) is 6.04 Å². The van der Waals surface area contributed by atoms with E-state index < -0.39 is 0 Å². The van der Waals surface area contributed by atoms with E-state index in [4.69, 9.17) is 0 Å². The van der Waals surface area contributed by atoms with E-state index in [9.17, 15) is 0 Å². The summed E-state index contributed by atoms with van der Waals surface area (Å²) in [5, 5.41) is 3.46. The van der Waals surface area contributed by atoms with Crippen molar-refractivity contribution in [1.29, 1.82) is 0 Å². The van der Waals surface area contributed by atoms with Gasteiger partial charge >= 0.3 is 0 Å². The topological polar surface area (TPSA) is 37.8 Å². The average molecular weight is 269 g/mol. The number of hydrogen-bond donors (Lipinski definition) is 1. The summed E-state index contributed by atoms with van der Waals surface area (Å²) >= 11 is 0. The van der Waals surface area contributed by atoms with Gasteiger partial charge in [0.2, 0.25) is 0 Å². The van der Waals surface area contributed by atoms with Crippen molar-refractivity contribution in [3.05, 3.63) is 59.2 Å². The highest BCUT2D eigenvalue weighted by Crippen LogP contribution is 2.19. The fourth-order valence-electron chi connectivity index (χ4n) is 2.28. The van der Waals surface area contributed by atoms with Crippen molar-refractivity contribution < 1.29 is 0 Å². The molecular weight excluding hydrogens is 246 g/mol. The van der Waals surface area contributed by atoms with Crippen LogP contribution in [-0.4, -0.2) is 16.5 Å². The fourth-order valence-corrected chi connectivity index (χ4v) is 2.28. The Balaban J connectivity index is 2.25. The van der Waals surface area contributed by atoms with Gasteiger partial charge in [-0.3, -0.25) is 0 Å². The molecule has 20 heavy (non-hydrogen) atoms. The van der Waals surface area contributed by atoms with Crippen LogP contribution in [0.2, 0.25) is 0 Å². The first-order valence-corrected chi connectivity index (χ1v) is 7.35. The van der Waals surface area contributed by atoms with Crippen molar-refractivity contribution >= 4 is 0 Å². The number of nitrogens with zero attached hydrogens (tertiary/aromatic N) is 2. The maximum atomic E-state index is 4.46. The number of benzene rings is 1. The van der Waals surface area contributed by atoms with E-state index in [2.05, 4.69) is 53.4 Å². The first-order valence-electron chi connectivity index (χ1n) is 7.35. The van der Waals surface area contributed by atoms with E-state index in [1.54, 1.807) is 0 Å². The van der Waals surface area contributed by atoms with Crippen LogP contribution < -0.4 is 5.32 Å². The molecule has 0 saturated heterocycles. The molecule has 1 unspecified atom stereocenters. The van der Waals surface area contributed by atoms with Crippen LogP contribution in [0.1, 0.15) is 48.8 Å². The molecule has 0 aliphatic carbocycles. The molecule has 1 N–H and O–H groups in total. The Morgan fingerprint density at radius 1 is 1.05 bits per heavy atom. The number of nitrogens with one attached hydrogen (secondary N) is 1. The van der Waals surface area contributed by atoms with Crippen molar-refractivity contribution in [3.63, 3.8) is 0 Å². The average Bonchev–Trinajstić information content (AvgIpc) is 2.47. The minimum Gasteiger partial charge on any atom is -0.304 e. The first-order chi connectivity index (χ1) is 9.74. The van der Waals surface area contributed by atoms with Crippen molar-refractivity contribution in [2.45, 2.75) is 39.7 Å². The zero-order valence-electron chi connectivity index (χ0n) is 12.6. The van der Waals surface area contributed by atoms with Crippen LogP contribution in [0.3, 0.4) is 0 Å². The zero-order valence-corrected chi connectivity index (χ0v) is 12.6. The molecule has 1 aromatic carbocycles. The summed E-state index contributed by atoms with van der Waals surface area (Å²) in [6, 6.07) is 8.84. The lowest BCUT2D eigenvalue weighted by atomic mass is 10.0. The third-order valence-electron chi connectivity index (χ3n) is 3.32. The van der Waals surface area contributed by atoms with Gasteiger partial charge in [-0.15, -0.1) is 0 Å². The quantitative estimate of drug-likeness (QED) is 0.873. The third-order valence-corrected chi connectivity index (χ3v) is 3.32. The van der Waals surface area contributed by atoms with Crippen molar-refractivity contribution in [2.24, 2.45) is 0 Å². The van der Waals surface area contributed by atoms with E-state index in [0.717, 1.165) is 24.4 Å². The second-order valence-electron chi connectivity index (χ2n) is 5.10. The Morgan fingerprint density at radius 2 is 1.70 bits per heavy atom. The van der Waals surface area contributed by atoms with Crippen LogP contribution in [0.5, 0.6) is 0 Å². The lowest BCUT2D eigenvalue weighted by molar-refractivity contribution is 0.596. The van der Waals surface area contributed by atoms with E-state index >= 15 is 0 Å². The van der Waals surface area contributed by atoms with Gasteiger partial charge in [0.15, 0.2) is 0 Å². The molecule has 1 aromatic heterocycles. The van der Waals surface area contributed by atoms with Gasteiger partial charge < -0.3 is 5.32 Å². The van der Waals surface area contributed by atoms with Crippen molar-refractivity contribution in [3.8, 4) is 0 Å². The third kappa shape index (κ3) is 3.64. The minimum atomic E-state index is 0.0660. The summed E-state index contributed by atoms with van der Waals surface area (Å²) in [7, 11) is 0. The largest absolute Gasteiger partial charge is 0.304 e. The molecule has 0 aliphatic rings. The summed E-state index contributed by atoms with van der Waals surface area (Å²) in [6.07, 6.45) is 6.06. The molecule has 0 amide bonds. The van der Waals surface area contributed by atoms with Gasteiger partial charge in [-0.2, -0.15) is 0 Å². The predicted octanol–water partition coefficient (Wildman–Crippen LogP) is 3.44. The Morgan fingerprint density at radius 3 is 2.25 bits per heavy atom. The lowest BCUT2D eigenvalue weighted by Gasteiger charge is -2.17. The normalized spacial score (nSPS) is 12.3. The molecule has 1 atom stereocenters. The second kappa shape index (κ2) is 7.15. The number of aromatic nitrogens is 2. The SMILES string of the molecule is CCCc1ccc(C(NCC)c2ncc(C)cn2)cc1. The standard InChI is InChI=1S/C17H23N3/c1-4-6-14-7-9-15(10-8-14)16(18-5-2)17-19-11-13(3)12-20-17/h7-12,16,18H,4-6H2,1-3H3. The molecule has 0 aliphatic heterocycles. The molecule has 2 aromatic rings.